The van der Waals surface area contributed by atoms with Crippen molar-refractivity contribution < 1.29 is 4.79 Å². The van der Waals surface area contributed by atoms with Crippen LogP contribution in [-0.4, -0.2) is 5.78 Å². The molecule has 0 spiro atoms. The lowest BCUT2D eigenvalue weighted by Crippen LogP contribution is -2.19. The number of hydrogen-bond acceptors (Lipinski definition) is 1. The van der Waals surface area contributed by atoms with Gasteiger partial charge in [0.15, 0.2) is 0 Å². The Balaban J connectivity index is 3.49. The zero-order chi connectivity index (χ0) is 22.3. The Labute approximate surface area is 191 Å². The lowest BCUT2D eigenvalue weighted by Gasteiger charge is -2.16. The molecule has 0 saturated carbocycles. The van der Waals surface area contributed by atoms with Crippen molar-refractivity contribution in [3.05, 3.63) is 0 Å². The Morgan fingerprint density at radius 2 is 0.667 bits per heavy atom. The van der Waals surface area contributed by atoms with E-state index in [4.69, 9.17) is 0 Å². The third kappa shape index (κ3) is 19.6. The number of unbranched alkanes of at least 4 members (excludes halogenated alkanes) is 18. The molecule has 30 heavy (non-hydrogen) atoms. The van der Waals surface area contributed by atoms with Gasteiger partial charge < -0.3 is 0 Å². The lowest BCUT2D eigenvalue weighted by atomic mass is 9.88. The summed E-state index contributed by atoms with van der Waals surface area (Å²) in [7, 11) is 0. The quantitative estimate of drug-likeness (QED) is 0.141. The molecule has 1 heteroatoms. The summed E-state index contributed by atoms with van der Waals surface area (Å²) in [5.74, 6) is 1.08. The Morgan fingerprint density at radius 3 is 0.933 bits per heavy atom. The number of rotatable bonds is 24. The van der Waals surface area contributed by atoms with Crippen molar-refractivity contribution in [3.8, 4) is 0 Å². The van der Waals surface area contributed by atoms with Crippen LogP contribution in [0.25, 0.3) is 0 Å². The lowest BCUT2D eigenvalue weighted by molar-refractivity contribution is -0.126. The Bertz CT molecular complexity index is 316. The van der Waals surface area contributed by atoms with Gasteiger partial charge in [0, 0.05) is 11.8 Å². The Kier molecular flexibility index (Phi) is 23.1. The van der Waals surface area contributed by atoms with Gasteiger partial charge in [-0.05, 0) is 12.8 Å². The molecular formula is C29H58O. The van der Waals surface area contributed by atoms with Crippen LogP contribution in [0, 0.1) is 11.8 Å². The molecule has 0 aliphatic carbocycles. The van der Waals surface area contributed by atoms with Crippen molar-refractivity contribution in [1.29, 1.82) is 0 Å². The van der Waals surface area contributed by atoms with Crippen molar-refractivity contribution >= 4 is 5.78 Å². The molecule has 0 amide bonds. The predicted octanol–water partition coefficient (Wildman–Crippen LogP) is 10.4. The van der Waals surface area contributed by atoms with Crippen molar-refractivity contribution in [2.75, 3.05) is 0 Å². The Morgan fingerprint density at radius 1 is 0.433 bits per heavy atom. The minimum atomic E-state index is 0.275. The minimum absolute atomic E-state index is 0.275. The fourth-order valence-electron chi connectivity index (χ4n) is 4.65. The molecule has 2 atom stereocenters. The van der Waals surface area contributed by atoms with Crippen LogP contribution in [0.5, 0.6) is 0 Å². The topological polar surface area (TPSA) is 17.1 Å². The molecule has 0 bridgehead atoms. The molecule has 0 rings (SSSR count). The highest BCUT2D eigenvalue weighted by Crippen LogP contribution is 2.20. The highest BCUT2D eigenvalue weighted by atomic mass is 16.1. The summed E-state index contributed by atoms with van der Waals surface area (Å²) in [5.41, 5.74) is 0. The SMILES string of the molecule is CCCCCCCCCCCC[C@H](C)C(=O)[C@@H](C)CCCCCCCCCCCC. The second-order valence-corrected chi connectivity index (χ2v) is 10.1. The largest absolute Gasteiger partial charge is 0.299 e. The zero-order valence-corrected chi connectivity index (χ0v) is 21.6. The summed E-state index contributed by atoms with van der Waals surface area (Å²) in [6, 6.07) is 0. The molecule has 0 aromatic carbocycles. The van der Waals surface area contributed by atoms with Crippen LogP contribution in [0.1, 0.15) is 169 Å². The molecule has 1 nitrogen and oxygen atoms in total. The maximum Gasteiger partial charge on any atom is 0.138 e. The average Bonchev–Trinajstić information content (AvgIpc) is 2.75. The van der Waals surface area contributed by atoms with Crippen LogP contribution in [0.3, 0.4) is 0 Å². The third-order valence-corrected chi connectivity index (χ3v) is 6.95. The van der Waals surface area contributed by atoms with E-state index in [1.54, 1.807) is 0 Å². The first-order chi connectivity index (χ1) is 14.6. The van der Waals surface area contributed by atoms with Crippen molar-refractivity contribution in [3.63, 3.8) is 0 Å². The van der Waals surface area contributed by atoms with Crippen molar-refractivity contribution in [2.24, 2.45) is 11.8 Å². The number of carbonyl (C=O) groups is 1. The van der Waals surface area contributed by atoms with Crippen LogP contribution >= 0.6 is 0 Å². The first-order valence-corrected chi connectivity index (χ1v) is 14.2. The van der Waals surface area contributed by atoms with E-state index in [9.17, 15) is 4.79 Å². The van der Waals surface area contributed by atoms with E-state index < -0.39 is 0 Å². The van der Waals surface area contributed by atoms with E-state index in [2.05, 4.69) is 27.7 Å². The summed E-state index contributed by atoms with van der Waals surface area (Å²) in [6.45, 7) is 8.91. The number of Topliss-reactive ketones (excluding diaryl/α,β-unsaturated/α-hetero) is 1. The van der Waals surface area contributed by atoms with Gasteiger partial charge in [0.1, 0.15) is 5.78 Å². The molecule has 0 aromatic heterocycles. The maximum absolute atomic E-state index is 12.6. The van der Waals surface area contributed by atoms with Crippen LogP contribution < -0.4 is 0 Å². The highest BCUT2D eigenvalue weighted by Gasteiger charge is 2.19. The molecule has 0 N–H and O–H groups in total. The highest BCUT2D eigenvalue weighted by molar-refractivity contribution is 5.82. The molecule has 0 aromatic rings. The van der Waals surface area contributed by atoms with Gasteiger partial charge in [0.2, 0.25) is 0 Å². The molecule has 0 heterocycles. The smallest absolute Gasteiger partial charge is 0.138 e. The fraction of sp³-hybridized carbons (Fsp3) is 0.966. The van der Waals surface area contributed by atoms with Gasteiger partial charge in [-0.2, -0.15) is 0 Å². The average molecular weight is 423 g/mol. The summed E-state index contributed by atoms with van der Waals surface area (Å²) in [6.07, 6.45) is 29.7. The van der Waals surface area contributed by atoms with E-state index in [0.29, 0.717) is 5.78 Å². The van der Waals surface area contributed by atoms with Crippen molar-refractivity contribution in [1.82, 2.24) is 0 Å². The molecule has 0 radical (unpaired) electrons. The monoisotopic (exact) mass is 422 g/mol. The Hall–Kier alpha value is -0.330. The normalized spacial score (nSPS) is 13.5. The van der Waals surface area contributed by atoms with E-state index in [1.807, 2.05) is 0 Å². The zero-order valence-electron chi connectivity index (χ0n) is 21.6. The van der Waals surface area contributed by atoms with E-state index in [0.717, 1.165) is 12.8 Å². The molecule has 0 unspecified atom stereocenters. The van der Waals surface area contributed by atoms with Gasteiger partial charge in [-0.1, -0.05) is 156 Å². The molecule has 0 fully saturated rings. The molecule has 0 aliphatic rings. The summed E-state index contributed by atoms with van der Waals surface area (Å²) < 4.78 is 0. The predicted molar refractivity (Wildman–Crippen MR) is 136 cm³/mol. The van der Waals surface area contributed by atoms with Gasteiger partial charge in [-0.25, -0.2) is 0 Å². The first-order valence-electron chi connectivity index (χ1n) is 14.2. The van der Waals surface area contributed by atoms with Crippen LogP contribution in [0.15, 0.2) is 0 Å². The van der Waals surface area contributed by atoms with E-state index in [1.165, 1.54) is 128 Å². The van der Waals surface area contributed by atoms with Gasteiger partial charge in [-0.3, -0.25) is 4.79 Å². The van der Waals surface area contributed by atoms with Gasteiger partial charge in [0.05, 0.1) is 0 Å². The van der Waals surface area contributed by atoms with Crippen LogP contribution in [0.2, 0.25) is 0 Å². The maximum atomic E-state index is 12.6. The summed E-state index contributed by atoms with van der Waals surface area (Å²) in [5, 5.41) is 0. The van der Waals surface area contributed by atoms with Gasteiger partial charge >= 0.3 is 0 Å². The second kappa shape index (κ2) is 23.3. The van der Waals surface area contributed by atoms with Crippen LogP contribution in [-0.2, 0) is 4.79 Å². The summed E-state index contributed by atoms with van der Waals surface area (Å²) in [4.78, 5) is 12.6. The summed E-state index contributed by atoms with van der Waals surface area (Å²) >= 11 is 0. The third-order valence-electron chi connectivity index (χ3n) is 6.95. The fourth-order valence-corrected chi connectivity index (χ4v) is 4.65. The molecule has 0 saturated heterocycles. The molecule has 0 aliphatic heterocycles. The van der Waals surface area contributed by atoms with Crippen molar-refractivity contribution in [2.45, 2.75) is 169 Å². The first kappa shape index (κ1) is 29.7. The van der Waals surface area contributed by atoms with Gasteiger partial charge in [0.25, 0.3) is 0 Å². The second-order valence-electron chi connectivity index (χ2n) is 10.1. The molecule has 180 valence electrons. The number of hydrogen-bond donors (Lipinski definition) is 0. The van der Waals surface area contributed by atoms with E-state index >= 15 is 0 Å². The number of ketones is 1. The minimum Gasteiger partial charge on any atom is -0.299 e. The van der Waals surface area contributed by atoms with Crippen LogP contribution in [0.4, 0.5) is 0 Å². The number of carbonyl (C=O) groups excluding carboxylic acids is 1. The molecular weight excluding hydrogens is 364 g/mol. The standard InChI is InChI=1S/C29H58O/c1-5-7-9-11-13-15-17-19-21-23-25-27(3)29(30)28(4)26-24-22-20-18-16-14-12-10-8-6-2/h27-28H,5-26H2,1-4H3/t27-,28-/m0/s1. The van der Waals surface area contributed by atoms with Gasteiger partial charge in [-0.15, -0.1) is 0 Å². The van der Waals surface area contributed by atoms with E-state index in [-0.39, 0.29) is 11.8 Å².